The number of thiophene rings is 1. The van der Waals surface area contributed by atoms with Crippen molar-refractivity contribution in [2.45, 2.75) is 24.9 Å². The van der Waals surface area contributed by atoms with Gasteiger partial charge in [-0.2, -0.15) is 0 Å². The molecule has 1 fully saturated rings. The van der Waals surface area contributed by atoms with E-state index in [0.717, 1.165) is 6.54 Å². The molecule has 3 N–H and O–H groups in total. The van der Waals surface area contributed by atoms with Crippen LogP contribution in [0.3, 0.4) is 0 Å². The van der Waals surface area contributed by atoms with E-state index in [4.69, 9.17) is 10.8 Å². The topological polar surface area (TPSA) is 66.6 Å². The predicted octanol–water partition coefficient (Wildman–Crippen LogP) is 1.30. The molecule has 0 aromatic carbocycles. The molecule has 1 aromatic rings. The number of hydrogen-bond donors (Lipinski definition) is 2. The maximum Gasteiger partial charge on any atom is 0.325 e. The Labute approximate surface area is 98.7 Å². The Morgan fingerprint density at radius 2 is 2.50 bits per heavy atom. The number of aliphatic carboxylic acids is 1. The van der Waals surface area contributed by atoms with Crippen molar-refractivity contribution < 1.29 is 9.90 Å². The molecule has 16 heavy (non-hydrogen) atoms. The predicted molar refractivity (Wildman–Crippen MR) is 63.5 cm³/mol. The minimum Gasteiger partial charge on any atom is -0.480 e. The molecule has 0 spiro atoms. The van der Waals surface area contributed by atoms with E-state index >= 15 is 0 Å². The van der Waals surface area contributed by atoms with Crippen molar-refractivity contribution in [3.63, 3.8) is 0 Å². The van der Waals surface area contributed by atoms with E-state index in [2.05, 4.69) is 17.9 Å². The standard InChI is InChI=1S/C11H16N2O2S/c1-8(9-3-2-6-16-9)13-5-4-11(12,7-13)10(14)15/h2-3,6,8H,4-5,7,12H2,1H3,(H,14,15). The average molecular weight is 240 g/mol. The maximum absolute atomic E-state index is 11.0. The second-order valence-electron chi connectivity index (χ2n) is 4.37. The van der Waals surface area contributed by atoms with Gasteiger partial charge in [-0.15, -0.1) is 11.3 Å². The molecule has 2 atom stereocenters. The number of carbonyl (C=O) groups is 1. The first kappa shape index (κ1) is 11.6. The number of carboxylic acid groups (broad SMARTS) is 1. The van der Waals surface area contributed by atoms with E-state index < -0.39 is 11.5 Å². The number of rotatable bonds is 3. The zero-order valence-electron chi connectivity index (χ0n) is 9.22. The van der Waals surface area contributed by atoms with Crippen molar-refractivity contribution in [3.8, 4) is 0 Å². The smallest absolute Gasteiger partial charge is 0.325 e. The van der Waals surface area contributed by atoms with Crippen LogP contribution in [0.25, 0.3) is 0 Å². The van der Waals surface area contributed by atoms with Gasteiger partial charge in [-0.1, -0.05) is 6.07 Å². The first-order chi connectivity index (χ1) is 7.53. The molecule has 2 unspecified atom stereocenters. The van der Waals surface area contributed by atoms with Crippen molar-refractivity contribution in [2.24, 2.45) is 5.73 Å². The summed E-state index contributed by atoms with van der Waals surface area (Å²) in [5, 5.41) is 11.1. The van der Waals surface area contributed by atoms with Crippen LogP contribution in [0, 0.1) is 0 Å². The molecule has 4 nitrogen and oxygen atoms in total. The Kier molecular flexibility index (Phi) is 3.01. The number of carboxylic acids is 1. The van der Waals surface area contributed by atoms with E-state index in [-0.39, 0.29) is 6.04 Å². The average Bonchev–Trinajstić information content (AvgIpc) is 2.85. The summed E-state index contributed by atoms with van der Waals surface area (Å²) in [6.07, 6.45) is 0.526. The lowest BCUT2D eigenvalue weighted by atomic mass is 10.0. The normalized spacial score (nSPS) is 28.1. The fourth-order valence-corrected chi connectivity index (χ4v) is 2.90. The van der Waals surface area contributed by atoms with Crippen molar-refractivity contribution in [1.82, 2.24) is 4.90 Å². The van der Waals surface area contributed by atoms with E-state index in [0.29, 0.717) is 13.0 Å². The van der Waals surface area contributed by atoms with Gasteiger partial charge in [0.1, 0.15) is 5.54 Å². The third-order valence-electron chi connectivity index (χ3n) is 3.26. The summed E-state index contributed by atoms with van der Waals surface area (Å²) >= 11 is 1.70. The summed E-state index contributed by atoms with van der Waals surface area (Å²) in [5.74, 6) is -0.895. The number of hydrogen-bond acceptors (Lipinski definition) is 4. The van der Waals surface area contributed by atoms with Gasteiger partial charge in [0.25, 0.3) is 0 Å². The first-order valence-corrected chi connectivity index (χ1v) is 6.21. The number of nitrogens with two attached hydrogens (primary N) is 1. The van der Waals surface area contributed by atoms with Crippen LogP contribution >= 0.6 is 11.3 Å². The highest BCUT2D eigenvalue weighted by Crippen LogP contribution is 2.30. The monoisotopic (exact) mass is 240 g/mol. The Hall–Kier alpha value is -0.910. The van der Waals surface area contributed by atoms with Gasteiger partial charge < -0.3 is 10.8 Å². The van der Waals surface area contributed by atoms with Crippen LogP contribution in [0.2, 0.25) is 0 Å². The lowest BCUT2D eigenvalue weighted by molar-refractivity contribution is -0.142. The lowest BCUT2D eigenvalue weighted by Crippen LogP contribution is -2.50. The molecule has 0 saturated carbocycles. The van der Waals surface area contributed by atoms with Crippen LogP contribution in [0.4, 0.5) is 0 Å². The van der Waals surface area contributed by atoms with Gasteiger partial charge in [0.15, 0.2) is 0 Å². The van der Waals surface area contributed by atoms with E-state index in [9.17, 15) is 4.79 Å². The molecular weight excluding hydrogens is 224 g/mol. The summed E-state index contributed by atoms with van der Waals surface area (Å²) < 4.78 is 0. The molecule has 1 aliphatic rings. The van der Waals surface area contributed by atoms with Crippen LogP contribution in [-0.2, 0) is 4.79 Å². The van der Waals surface area contributed by atoms with E-state index in [1.165, 1.54) is 4.88 Å². The first-order valence-electron chi connectivity index (χ1n) is 5.33. The van der Waals surface area contributed by atoms with Crippen molar-refractivity contribution in [3.05, 3.63) is 22.4 Å². The molecule has 1 aromatic heterocycles. The minimum absolute atomic E-state index is 0.254. The highest BCUT2D eigenvalue weighted by atomic mass is 32.1. The molecule has 0 amide bonds. The Balaban J connectivity index is 2.07. The van der Waals surface area contributed by atoms with Crippen molar-refractivity contribution in [2.75, 3.05) is 13.1 Å². The van der Waals surface area contributed by atoms with Gasteiger partial charge in [0, 0.05) is 24.0 Å². The Bertz CT molecular complexity index is 379. The highest BCUT2D eigenvalue weighted by Gasteiger charge is 2.42. The Morgan fingerprint density at radius 3 is 3.00 bits per heavy atom. The zero-order chi connectivity index (χ0) is 11.8. The molecule has 1 saturated heterocycles. The summed E-state index contributed by atoms with van der Waals surface area (Å²) in [7, 11) is 0. The van der Waals surface area contributed by atoms with E-state index in [1.807, 2.05) is 11.4 Å². The fraction of sp³-hybridized carbons (Fsp3) is 0.545. The third-order valence-corrected chi connectivity index (χ3v) is 4.30. The fourth-order valence-electron chi connectivity index (χ4n) is 2.08. The summed E-state index contributed by atoms with van der Waals surface area (Å²) in [6, 6.07) is 4.34. The van der Waals surface area contributed by atoms with Crippen LogP contribution in [0.1, 0.15) is 24.3 Å². The highest BCUT2D eigenvalue weighted by molar-refractivity contribution is 7.10. The van der Waals surface area contributed by atoms with Crippen LogP contribution in [-0.4, -0.2) is 34.6 Å². The molecule has 0 aliphatic carbocycles. The molecule has 2 rings (SSSR count). The summed E-state index contributed by atoms with van der Waals surface area (Å²) in [4.78, 5) is 14.4. The molecule has 2 heterocycles. The molecule has 5 heteroatoms. The zero-order valence-corrected chi connectivity index (χ0v) is 10.0. The molecule has 0 bridgehead atoms. The molecule has 1 aliphatic heterocycles. The van der Waals surface area contributed by atoms with Crippen LogP contribution < -0.4 is 5.73 Å². The SMILES string of the molecule is CC(c1cccs1)N1CCC(N)(C(=O)O)C1. The van der Waals surface area contributed by atoms with Gasteiger partial charge in [-0.05, 0) is 24.8 Å². The second kappa shape index (κ2) is 4.16. The van der Waals surface area contributed by atoms with Gasteiger partial charge in [-0.25, -0.2) is 0 Å². The van der Waals surface area contributed by atoms with Gasteiger partial charge in [0.2, 0.25) is 0 Å². The quantitative estimate of drug-likeness (QED) is 0.835. The Morgan fingerprint density at radius 1 is 1.75 bits per heavy atom. The van der Waals surface area contributed by atoms with Gasteiger partial charge in [0.05, 0.1) is 0 Å². The van der Waals surface area contributed by atoms with Crippen molar-refractivity contribution in [1.29, 1.82) is 0 Å². The summed E-state index contributed by atoms with van der Waals surface area (Å²) in [5.41, 5.74) is 4.78. The number of likely N-dealkylation sites (tertiary alicyclic amines) is 1. The van der Waals surface area contributed by atoms with E-state index in [1.54, 1.807) is 11.3 Å². The van der Waals surface area contributed by atoms with Gasteiger partial charge in [-0.3, -0.25) is 9.69 Å². The summed E-state index contributed by atoms with van der Waals surface area (Å²) in [6.45, 7) is 3.28. The maximum atomic E-state index is 11.0. The largest absolute Gasteiger partial charge is 0.480 e. The third kappa shape index (κ3) is 1.98. The molecule has 88 valence electrons. The molecular formula is C11H16N2O2S. The van der Waals surface area contributed by atoms with Crippen LogP contribution in [0.5, 0.6) is 0 Å². The van der Waals surface area contributed by atoms with Crippen LogP contribution in [0.15, 0.2) is 17.5 Å². The second-order valence-corrected chi connectivity index (χ2v) is 5.35. The van der Waals surface area contributed by atoms with Gasteiger partial charge >= 0.3 is 5.97 Å². The lowest BCUT2D eigenvalue weighted by Gasteiger charge is -2.25. The minimum atomic E-state index is -1.06. The van der Waals surface area contributed by atoms with Crippen molar-refractivity contribution >= 4 is 17.3 Å². The molecule has 0 radical (unpaired) electrons. The number of nitrogens with zero attached hydrogens (tertiary/aromatic N) is 1.